The zero-order valence-corrected chi connectivity index (χ0v) is 17.8. The number of piperazine rings is 2. The van der Waals surface area contributed by atoms with E-state index in [-0.39, 0.29) is 0 Å². The van der Waals surface area contributed by atoms with Crippen molar-refractivity contribution in [3.8, 4) is 5.75 Å². The monoisotopic (exact) mass is 446 g/mol. The Bertz CT molecular complexity index is 715. The van der Waals surface area contributed by atoms with Gasteiger partial charge in [0.25, 0.3) is 10.2 Å². The van der Waals surface area contributed by atoms with E-state index in [0.717, 1.165) is 42.9 Å². The molecule has 0 amide bonds. The molecular weight excluding hydrogens is 420 g/mol. The van der Waals surface area contributed by atoms with Gasteiger partial charge in [-0.25, -0.2) is 0 Å². The number of rotatable bonds is 5. The van der Waals surface area contributed by atoms with E-state index in [2.05, 4.69) is 37.9 Å². The molecule has 1 aromatic rings. The molecule has 2 heterocycles. The number of halogens is 1. The largest absolute Gasteiger partial charge is 0.496 e. The highest BCUT2D eigenvalue weighted by atomic mass is 79.9. The fraction of sp³-hybridized carbons (Fsp3) is 0.647. The van der Waals surface area contributed by atoms with Crippen LogP contribution in [0.2, 0.25) is 0 Å². The van der Waals surface area contributed by atoms with Crippen LogP contribution in [0.15, 0.2) is 22.7 Å². The zero-order chi connectivity index (χ0) is 18.7. The first kappa shape index (κ1) is 20.0. The summed E-state index contributed by atoms with van der Waals surface area (Å²) in [6.45, 7) is 6.16. The first-order valence-corrected chi connectivity index (χ1v) is 11.1. The smallest absolute Gasteiger partial charge is 0.282 e. The van der Waals surface area contributed by atoms with Crippen LogP contribution in [-0.2, 0) is 16.8 Å². The fourth-order valence-electron chi connectivity index (χ4n) is 3.37. The van der Waals surface area contributed by atoms with Crippen molar-refractivity contribution in [2.75, 3.05) is 66.5 Å². The second kappa shape index (κ2) is 8.53. The number of methoxy groups -OCH3 is 1. The number of hydrogen-bond acceptors (Lipinski definition) is 5. The first-order valence-electron chi connectivity index (χ1n) is 8.88. The fourth-order valence-corrected chi connectivity index (χ4v) is 5.53. The molecule has 2 fully saturated rings. The number of benzene rings is 1. The summed E-state index contributed by atoms with van der Waals surface area (Å²) in [4.78, 5) is 4.46. The summed E-state index contributed by atoms with van der Waals surface area (Å²) in [6, 6.07) is 6.07. The van der Waals surface area contributed by atoms with Gasteiger partial charge in [-0.3, -0.25) is 4.90 Å². The first-order chi connectivity index (χ1) is 12.4. The van der Waals surface area contributed by atoms with Crippen LogP contribution in [-0.4, -0.2) is 93.3 Å². The number of nitrogens with zero attached hydrogens (tertiary/aromatic N) is 4. The molecular formula is C17H27BrN4O3S. The summed E-state index contributed by atoms with van der Waals surface area (Å²) in [5, 5.41) is 0. The lowest BCUT2D eigenvalue weighted by Gasteiger charge is -2.39. The van der Waals surface area contributed by atoms with Crippen molar-refractivity contribution in [2.45, 2.75) is 6.54 Å². The summed E-state index contributed by atoms with van der Waals surface area (Å²) < 4.78 is 35.1. The van der Waals surface area contributed by atoms with Crippen LogP contribution in [0.25, 0.3) is 0 Å². The maximum atomic E-state index is 12.8. The minimum absolute atomic E-state index is 0.548. The molecule has 3 rings (SSSR count). The second-order valence-corrected chi connectivity index (χ2v) is 9.64. The molecule has 9 heteroatoms. The van der Waals surface area contributed by atoms with Crippen molar-refractivity contribution in [3.05, 3.63) is 28.2 Å². The highest BCUT2D eigenvalue weighted by molar-refractivity contribution is 9.10. The van der Waals surface area contributed by atoms with Gasteiger partial charge in [-0.2, -0.15) is 17.0 Å². The Morgan fingerprint density at radius 1 is 1.00 bits per heavy atom. The van der Waals surface area contributed by atoms with E-state index in [1.807, 2.05) is 13.1 Å². The Kier molecular flexibility index (Phi) is 6.58. The third-order valence-electron chi connectivity index (χ3n) is 5.07. The van der Waals surface area contributed by atoms with Crippen molar-refractivity contribution >= 4 is 26.1 Å². The van der Waals surface area contributed by atoms with Crippen LogP contribution in [0, 0.1) is 0 Å². The maximum absolute atomic E-state index is 12.8. The Hall–Kier alpha value is -0.710. The highest BCUT2D eigenvalue weighted by Crippen LogP contribution is 2.26. The summed E-state index contributed by atoms with van der Waals surface area (Å²) in [7, 11) is 0.349. The molecule has 0 saturated carbocycles. The minimum atomic E-state index is -3.33. The van der Waals surface area contributed by atoms with E-state index in [9.17, 15) is 8.42 Å². The van der Waals surface area contributed by atoms with Gasteiger partial charge in [-0.15, -0.1) is 0 Å². The summed E-state index contributed by atoms with van der Waals surface area (Å²) in [6.07, 6.45) is 0. The third kappa shape index (κ3) is 4.58. The molecule has 0 aliphatic carbocycles. The van der Waals surface area contributed by atoms with Gasteiger partial charge in [0.05, 0.1) is 11.6 Å². The Morgan fingerprint density at radius 3 is 2.12 bits per heavy atom. The minimum Gasteiger partial charge on any atom is -0.496 e. The van der Waals surface area contributed by atoms with Crippen LogP contribution < -0.4 is 4.74 Å². The highest BCUT2D eigenvalue weighted by Gasteiger charge is 2.33. The average molecular weight is 447 g/mol. The molecule has 0 atom stereocenters. The van der Waals surface area contributed by atoms with Gasteiger partial charge in [0.1, 0.15) is 5.75 Å². The molecule has 1 aromatic carbocycles. The average Bonchev–Trinajstić information content (AvgIpc) is 2.63. The van der Waals surface area contributed by atoms with E-state index in [1.54, 1.807) is 15.7 Å². The van der Waals surface area contributed by atoms with Gasteiger partial charge in [0.2, 0.25) is 0 Å². The van der Waals surface area contributed by atoms with Gasteiger partial charge in [-0.1, -0.05) is 6.07 Å². The molecule has 0 aromatic heterocycles. The Balaban J connectivity index is 1.54. The van der Waals surface area contributed by atoms with Gasteiger partial charge in [-0.05, 0) is 40.7 Å². The normalized spacial score (nSPS) is 21.8. The number of hydrogen-bond donors (Lipinski definition) is 0. The maximum Gasteiger partial charge on any atom is 0.282 e. The lowest BCUT2D eigenvalue weighted by atomic mass is 10.2. The summed E-state index contributed by atoms with van der Waals surface area (Å²) in [5.41, 5.74) is 1.19. The predicted octanol–water partition coefficient (Wildman–Crippen LogP) is 1.07. The van der Waals surface area contributed by atoms with Crippen molar-refractivity contribution in [2.24, 2.45) is 0 Å². The molecule has 146 valence electrons. The molecule has 0 N–H and O–H groups in total. The number of likely N-dealkylation sites (N-methyl/N-ethyl adjacent to an activating group) is 1. The van der Waals surface area contributed by atoms with Crippen LogP contribution in [0.3, 0.4) is 0 Å². The second-order valence-electron chi connectivity index (χ2n) is 6.85. The molecule has 0 unspecified atom stereocenters. The molecule has 2 aliphatic rings. The van der Waals surface area contributed by atoms with Crippen molar-refractivity contribution in [3.63, 3.8) is 0 Å². The molecule has 0 radical (unpaired) electrons. The SMILES string of the molecule is COc1ccc(CN2CCN(S(=O)(=O)N3CCN(C)CC3)CC2)cc1Br. The summed E-state index contributed by atoms with van der Waals surface area (Å²) >= 11 is 3.52. The van der Waals surface area contributed by atoms with E-state index >= 15 is 0 Å². The van der Waals surface area contributed by atoms with Crippen LogP contribution >= 0.6 is 15.9 Å². The number of ether oxygens (including phenoxy) is 1. The third-order valence-corrected chi connectivity index (χ3v) is 7.72. The van der Waals surface area contributed by atoms with Crippen LogP contribution in [0.1, 0.15) is 5.56 Å². The van der Waals surface area contributed by atoms with E-state index in [1.165, 1.54) is 5.56 Å². The quantitative estimate of drug-likeness (QED) is 0.676. The summed E-state index contributed by atoms with van der Waals surface area (Å²) in [5.74, 6) is 0.817. The van der Waals surface area contributed by atoms with E-state index < -0.39 is 10.2 Å². The van der Waals surface area contributed by atoms with Crippen molar-refractivity contribution in [1.29, 1.82) is 0 Å². The van der Waals surface area contributed by atoms with Gasteiger partial charge >= 0.3 is 0 Å². The lowest BCUT2D eigenvalue weighted by molar-refractivity contribution is 0.165. The van der Waals surface area contributed by atoms with Crippen molar-refractivity contribution in [1.82, 2.24) is 18.4 Å². The predicted molar refractivity (Wildman–Crippen MR) is 106 cm³/mol. The Morgan fingerprint density at radius 2 is 1.58 bits per heavy atom. The molecule has 2 aliphatic heterocycles. The Labute approximate surface area is 164 Å². The van der Waals surface area contributed by atoms with E-state index in [0.29, 0.717) is 26.2 Å². The van der Waals surface area contributed by atoms with Crippen molar-refractivity contribution < 1.29 is 13.2 Å². The zero-order valence-electron chi connectivity index (χ0n) is 15.4. The standard InChI is InChI=1S/C17H27BrN4O3S/c1-19-5-9-21(10-6-19)26(23,24)22-11-7-20(8-12-22)14-15-3-4-17(25-2)16(18)13-15/h3-4,13H,5-12,14H2,1-2H3. The van der Waals surface area contributed by atoms with Gasteiger partial charge in [0, 0.05) is 58.9 Å². The molecule has 0 spiro atoms. The van der Waals surface area contributed by atoms with E-state index in [4.69, 9.17) is 4.74 Å². The van der Waals surface area contributed by atoms with Crippen LogP contribution in [0.4, 0.5) is 0 Å². The van der Waals surface area contributed by atoms with Gasteiger partial charge in [0.15, 0.2) is 0 Å². The topological polar surface area (TPSA) is 56.3 Å². The molecule has 0 bridgehead atoms. The van der Waals surface area contributed by atoms with Gasteiger partial charge < -0.3 is 9.64 Å². The van der Waals surface area contributed by atoms with Crippen LogP contribution in [0.5, 0.6) is 5.75 Å². The molecule has 2 saturated heterocycles. The molecule has 26 heavy (non-hydrogen) atoms. The lowest BCUT2D eigenvalue weighted by Crippen LogP contribution is -2.56. The molecule has 7 nitrogen and oxygen atoms in total.